The lowest BCUT2D eigenvalue weighted by Crippen LogP contribution is -2.48. The Morgan fingerprint density at radius 3 is 2.44 bits per heavy atom. The highest BCUT2D eigenvalue weighted by molar-refractivity contribution is 7.89. The minimum atomic E-state index is -3.72. The highest BCUT2D eigenvalue weighted by Gasteiger charge is 2.29. The van der Waals surface area contributed by atoms with Crippen LogP contribution in [0, 0.1) is 0 Å². The molecule has 2 aromatic heterocycles. The summed E-state index contributed by atoms with van der Waals surface area (Å²) < 4.78 is 35.2. The predicted octanol–water partition coefficient (Wildman–Crippen LogP) is 3.20. The maximum Gasteiger partial charge on any atom is 0.338 e. The number of ether oxygens (including phenoxy) is 1. The van der Waals surface area contributed by atoms with Crippen LogP contribution < -0.4 is 4.90 Å². The van der Waals surface area contributed by atoms with Crippen molar-refractivity contribution in [1.82, 2.24) is 13.7 Å². The quantitative estimate of drug-likeness (QED) is 0.398. The number of para-hydroxylation sites is 1. The predicted molar refractivity (Wildman–Crippen MR) is 128 cm³/mol. The minimum absolute atomic E-state index is 0.00105. The first-order chi connectivity index (χ1) is 16.5. The van der Waals surface area contributed by atoms with Gasteiger partial charge in [0.05, 0.1) is 16.2 Å². The summed E-state index contributed by atoms with van der Waals surface area (Å²) >= 11 is 0. The Morgan fingerprint density at radius 1 is 0.912 bits per heavy atom. The van der Waals surface area contributed by atoms with E-state index in [1.54, 1.807) is 18.3 Å². The second kappa shape index (κ2) is 9.28. The van der Waals surface area contributed by atoms with E-state index in [1.165, 1.54) is 16.4 Å². The minimum Gasteiger partial charge on any atom is -0.456 e. The molecule has 174 valence electrons. The first kappa shape index (κ1) is 22.1. The molecule has 3 heterocycles. The van der Waals surface area contributed by atoms with E-state index in [0.29, 0.717) is 31.9 Å². The zero-order chi connectivity index (χ0) is 23.5. The molecule has 0 saturated carbocycles. The SMILES string of the molecule is O=C(OCc1cn2ccccc2n1)c1cccc(S(=O)(=O)N2CCN(c3ccccc3)CC2)c1. The molecular formula is C25H24N4O4S. The number of aromatic nitrogens is 2. The molecule has 8 nitrogen and oxygen atoms in total. The number of rotatable bonds is 6. The van der Waals surface area contributed by atoms with Crippen LogP contribution in [-0.2, 0) is 21.4 Å². The third-order valence-corrected chi connectivity index (χ3v) is 7.73. The molecule has 0 bridgehead atoms. The molecule has 1 aliphatic rings. The summed E-state index contributed by atoms with van der Waals surface area (Å²) in [5.74, 6) is -0.594. The van der Waals surface area contributed by atoms with Gasteiger partial charge in [0.1, 0.15) is 12.3 Å². The molecule has 1 fully saturated rings. The van der Waals surface area contributed by atoms with Gasteiger partial charge in [-0.15, -0.1) is 0 Å². The average molecular weight is 477 g/mol. The number of hydrogen-bond donors (Lipinski definition) is 0. The molecule has 34 heavy (non-hydrogen) atoms. The van der Waals surface area contributed by atoms with Crippen LogP contribution in [0.4, 0.5) is 5.69 Å². The summed E-state index contributed by atoms with van der Waals surface area (Å²) in [4.78, 5) is 19.3. The zero-order valence-electron chi connectivity index (χ0n) is 18.4. The van der Waals surface area contributed by atoms with Crippen LogP contribution in [-0.4, -0.2) is 54.3 Å². The maximum atomic E-state index is 13.2. The van der Waals surface area contributed by atoms with Crippen molar-refractivity contribution in [2.75, 3.05) is 31.1 Å². The number of nitrogens with zero attached hydrogens (tertiary/aromatic N) is 4. The van der Waals surface area contributed by atoms with Gasteiger partial charge < -0.3 is 14.0 Å². The van der Waals surface area contributed by atoms with E-state index in [4.69, 9.17) is 4.74 Å². The van der Waals surface area contributed by atoms with E-state index >= 15 is 0 Å². The molecule has 1 aliphatic heterocycles. The van der Waals surface area contributed by atoms with Crippen molar-refractivity contribution in [1.29, 1.82) is 0 Å². The van der Waals surface area contributed by atoms with E-state index < -0.39 is 16.0 Å². The Kier molecular flexibility index (Phi) is 6.04. The van der Waals surface area contributed by atoms with Gasteiger partial charge in [0.2, 0.25) is 10.0 Å². The number of carbonyl (C=O) groups is 1. The Morgan fingerprint density at radius 2 is 1.68 bits per heavy atom. The van der Waals surface area contributed by atoms with Gasteiger partial charge in [-0.3, -0.25) is 0 Å². The van der Waals surface area contributed by atoms with Crippen molar-refractivity contribution < 1.29 is 17.9 Å². The summed E-state index contributed by atoms with van der Waals surface area (Å²) in [5, 5.41) is 0. The maximum absolute atomic E-state index is 13.2. The number of imidazole rings is 1. The number of pyridine rings is 1. The Labute approximate surface area is 198 Å². The van der Waals surface area contributed by atoms with E-state index in [9.17, 15) is 13.2 Å². The number of esters is 1. The zero-order valence-corrected chi connectivity index (χ0v) is 19.3. The van der Waals surface area contributed by atoms with Crippen LogP contribution in [0.1, 0.15) is 16.1 Å². The second-order valence-corrected chi connectivity index (χ2v) is 9.97. The van der Waals surface area contributed by atoms with Gasteiger partial charge in [-0.25, -0.2) is 18.2 Å². The number of sulfonamides is 1. The summed E-state index contributed by atoms with van der Waals surface area (Å²) in [6.45, 7) is 1.95. The highest BCUT2D eigenvalue weighted by Crippen LogP contribution is 2.22. The fourth-order valence-electron chi connectivity index (χ4n) is 4.04. The van der Waals surface area contributed by atoms with Crippen molar-refractivity contribution in [3.63, 3.8) is 0 Å². The molecule has 1 saturated heterocycles. The van der Waals surface area contributed by atoms with E-state index in [1.807, 2.05) is 59.1 Å². The van der Waals surface area contributed by atoms with Crippen molar-refractivity contribution in [2.24, 2.45) is 0 Å². The Bertz CT molecular complexity index is 1380. The number of carbonyl (C=O) groups excluding carboxylic acids is 1. The van der Waals surface area contributed by atoms with Gasteiger partial charge >= 0.3 is 5.97 Å². The number of piperazine rings is 1. The van der Waals surface area contributed by atoms with Crippen molar-refractivity contribution in [2.45, 2.75) is 11.5 Å². The molecule has 0 unspecified atom stereocenters. The summed E-state index contributed by atoms with van der Waals surface area (Å²) in [6.07, 6.45) is 3.65. The molecule has 0 N–H and O–H groups in total. The molecule has 0 spiro atoms. The number of hydrogen-bond acceptors (Lipinski definition) is 6. The second-order valence-electron chi connectivity index (χ2n) is 8.03. The smallest absolute Gasteiger partial charge is 0.338 e. The average Bonchev–Trinajstić information content (AvgIpc) is 3.31. The summed E-state index contributed by atoms with van der Waals surface area (Å²) in [5.41, 5.74) is 2.64. The lowest BCUT2D eigenvalue weighted by Gasteiger charge is -2.35. The van der Waals surface area contributed by atoms with Crippen molar-refractivity contribution in [3.8, 4) is 0 Å². The van der Waals surface area contributed by atoms with Crippen LogP contribution in [0.2, 0.25) is 0 Å². The molecule has 0 atom stereocenters. The summed E-state index contributed by atoms with van der Waals surface area (Å²) in [6, 6.07) is 21.6. The molecule has 4 aromatic rings. The number of fused-ring (bicyclic) bond motifs is 1. The van der Waals surface area contributed by atoms with Crippen LogP contribution in [0.3, 0.4) is 0 Å². The van der Waals surface area contributed by atoms with Gasteiger partial charge in [-0.05, 0) is 42.5 Å². The monoisotopic (exact) mass is 476 g/mol. The molecular weight excluding hydrogens is 452 g/mol. The topological polar surface area (TPSA) is 84.2 Å². The van der Waals surface area contributed by atoms with Gasteiger partial charge in [-0.1, -0.05) is 30.3 Å². The van der Waals surface area contributed by atoms with E-state index in [-0.39, 0.29) is 17.1 Å². The molecule has 9 heteroatoms. The van der Waals surface area contributed by atoms with Gasteiger partial charge in [0.15, 0.2) is 0 Å². The molecule has 2 aromatic carbocycles. The first-order valence-electron chi connectivity index (χ1n) is 11.0. The van der Waals surface area contributed by atoms with E-state index in [2.05, 4.69) is 9.88 Å². The Hall–Kier alpha value is -3.69. The molecule has 0 radical (unpaired) electrons. The fourth-order valence-corrected chi connectivity index (χ4v) is 5.51. The van der Waals surface area contributed by atoms with Crippen LogP contribution in [0.5, 0.6) is 0 Å². The normalized spacial score (nSPS) is 14.9. The fraction of sp³-hybridized carbons (Fsp3) is 0.200. The number of anilines is 1. The largest absolute Gasteiger partial charge is 0.456 e. The van der Waals surface area contributed by atoms with Gasteiger partial charge in [0.25, 0.3) is 0 Å². The molecule has 0 amide bonds. The standard InChI is InChI=1S/C25H24N4O4S/c30-25(33-19-21-18-28-12-5-4-11-24(28)26-21)20-7-6-10-23(17-20)34(31,32)29-15-13-27(14-16-29)22-8-2-1-3-9-22/h1-12,17-18H,13-16,19H2. The van der Waals surface area contributed by atoms with Crippen LogP contribution in [0.25, 0.3) is 5.65 Å². The molecule has 5 rings (SSSR count). The van der Waals surface area contributed by atoms with Crippen LogP contribution >= 0.6 is 0 Å². The number of benzene rings is 2. The van der Waals surface area contributed by atoms with Gasteiger partial charge in [-0.2, -0.15) is 4.31 Å². The third-order valence-electron chi connectivity index (χ3n) is 5.83. The lowest BCUT2D eigenvalue weighted by atomic mass is 10.2. The van der Waals surface area contributed by atoms with Crippen molar-refractivity contribution in [3.05, 3.63) is 96.4 Å². The Balaban J connectivity index is 1.25. The van der Waals surface area contributed by atoms with Crippen molar-refractivity contribution >= 4 is 27.3 Å². The van der Waals surface area contributed by atoms with Crippen LogP contribution in [0.15, 0.2) is 90.1 Å². The lowest BCUT2D eigenvalue weighted by molar-refractivity contribution is 0.0468. The third kappa shape index (κ3) is 4.52. The highest BCUT2D eigenvalue weighted by atomic mass is 32.2. The first-order valence-corrected chi connectivity index (χ1v) is 12.4. The molecule has 0 aliphatic carbocycles. The van der Waals surface area contributed by atoms with E-state index in [0.717, 1.165) is 11.3 Å². The summed E-state index contributed by atoms with van der Waals surface area (Å²) in [7, 11) is -3.72. The van der Waals surface area contributed by atoms with Gasteiger partial charge in [0, 0.05) is 44.3 Å².